The fourth-order valence-corrected chi connectivity index (χ4v) is 3.47. The van der Waals surface area contributed by atoms with Crippen LogP contribution in [0.1, 0.15) is 23.7 Å². The molecule has 0 saturated heterocycles. The zero-order valence-corrected chi connectivity index (χ0v) is 18.4. The van der Waals surface area contributed by atoms with Crippen LogP contribution in [0.4, 0.5) is 5.69 Å². The van der Waals surface area contributed by atoms with Gasteiger partial charge in [-0.05, 0) is 48.9 Å². The molecule has 1 N–H and O–H groups in total. The molecule has 0 aliphatic carbocycles. The number of benzene rings is 2. The number of thioether (sulfide) groups is 1. The van der Waals surface area contributed by atoms with Gasteiger partial charge in [-0.1, -0.05) is 24.8 Å². The van der Waals surface area contributed by atoms with Crippen molar-refractivity contribution in [3.05, 3.63) is 54.1 Å². The quantitative estimate of drug-likeness (QED) is 0.399. The molecule has 0 aliphatic rings. The summed E-state index contributed by atoms with van der Waals surface area (Å²) in [5, 5.41) is 11.8. The molecule has 3 aromatic rings. The van der Waals surface area contributed by atoms with Gasteiger partial charge >= 0.3 is 5.97 Å². The van der Waals surface area contributed by atoms with E-state index < -0.39 is 5.97 Å². The summed E-state index contributed by atoms with van der Waals surface area (Å²) >= 11 is 1.28. The first kappa shape index (κ1) is 22.4. The molecular formula is C22H24N4O4S. The van der Waals surface area contributed by atoms with Crippen molar-refractivity contribution in [1.82, 2.24) is 14.8 Å². The lowest BCUT2D eigenvalue weighted by Gasteiger charge is -2.08. The van der Waals surface area contributed by atoms with Crippen LogP contribution in [0, 0.1) is 0 Å². The number of hydrogen-bond donors (Lipinski definition) is 1. The second-order valence-corrected chi connectivity index (χ2v) is 7.59. The number of ether oxygens (including phenoxy) is 2. The monoisotopic (exact) mass is 440 g/mol. The van der Waals surface area contributed by atoms with Crippen LogP contribution in [0.3, 0.4) is 0 Å². The van der Waals surface area contributed by atoms with Gasteiger partial charge in [0.1, 0.15) is 5.75 Å². The van der Waals surface area contributed by atoms with Crippen molar-refractivity contribution in [2.24, 2.45) is 7.05 Å². The summed E-state index contributed by atoms with van der Waals surface area (Å²) < 4.78 is 12.1. The van der Waals surface area contributed by atoms with Crippen molar-refractivity contribution < 1.29 is 19.1 Å². The maximum absolute atomic E-state index is 12.4. The number of amides is 1. The molecule has 0 radical (unpaired) electrons. The first-order valence-electron chi connectivity index (χ1n) is 9.75. The smallest absolute Gasteiger partial charge is 0.338 e. The SMILES string of the molecule is CCCOC(=O)c1cccc(NC(=O)CSc2nnc(-c3ccc(OC)cc3)n2C)c1. The highest BCUT2D eigenvalue weighted by Gasteiger charge is 2.14. The molecule has 162 valence electrons. The summed E-state index contributed by atoms with van der Waals surface area (Å²) in [7, 11) is 3.47. The minimum atomic E-state index is -0.405. The van der Waals surface area contributed by atoms with E-state index in [1.165, 1.54) is 11.8 Å². The third kappa shape index (κ3) is 5.85. The van der Waals surface area contributed by atoms with Gasteiger partial charge in [0, 0.05) is 18.3 Å². The fourth-order valence-electron chi connectivity index (χ4n) is 2.76. The van der Waals surface area contributed by atoms with Crippen LogP contribution in [-0.4, -0.2) is 46.1 Å². The number of carbonyl (C=O) groups excluding carboxylic acids is 2. The Labute approximate surface area is 185 Å². The van der Waals surface area contributed by atoms with Gasteiger partial charge in [0.25, 0.3) is 0 Å². The zero-order chi connectivity index (χ0) is 22.2. The lowest BCUT2D eigenvalue weighted by Crippen LogP contribution is -2.15. The van der Waals surface area contributed by atoms with Gasteiger partial charge < -0.3 is 19.4 Å². The summed E-state index contributed by atoms with van der Waals surface area (Å²) in [4.78, 5) is 24.4. The van der Waals surface area contributed by atoms with Crippen LogP contribution in [-0.2, 0) is 16.6 Å². The van der Waals surface area contributed by atoms with Crippen molar-refractivity contribution in [3.8, 4) is 17.1 Å². The van der Waals surface area contributed by atoms with Crippen molar-refractivity contribution in [2.75, 3.05) is 24.8 Å². The molecule has 9 heteroatoms. The second kappa shape index (κ2) is 10.6. The van der Waals surface area contributed by atoms with Gasteiger partial charge in [-0.3, -0.25) is 4.79 Å². The van der Waals surface area contributed by atoms with Crippen LogP contribution in [0.25, 0.3) is 11.4 Å². The minimum Gasteiger partial charge on any atom is -0.497 e. The maximum Gasteiger partial charge on any atom is 0.338 e. The van der Waals surface area contributed by atoms with E-state index in [-0.39, 0.29) is 11.7 Å². The Kier molecular flexibility index (Phi) is 7.66. The Bertz CT molecular complexity index is 1050. The van der Waals surface area contributed by atoms with Crippen molar-refractivity contribution in [1.29, 1.82) is 0 Å². The second-order valence-electron chi connectivity index (χ2n) is 6.65. The molecule has 1 heterocycles. The van der Waals surface area contributed by atoms with E-state index in [4.69, 9.17) is 9.47 Å². The number of methoxy groups -OCH3 is 1. The van der Waals surface area contributed by atoms with Gasteiger partial charge in [0.05, 0.1) is 25.0 Å². The minimum absolute atomic E-state index is 0.152. The molecule has 0 spiro atoms. The van der Waals surface area contributed by atoms with Crippen molar-refractivity contribution in [3.63, 3.8) is 0 Å². The Hall–Kier alpha value is -3.33. The third-order valence-electron chi connectivity index (χ3n) is 4.33. The molecule has 3 rings (SSSR count). The van der Waals surface area contributed by atoms with Crippen LogP contribution in [0.5, 0.6) is 5.75 Å². The highest BCUT2D eigenvalue weighted by atomic mass is 32.2. The van der Waals surface area contributed by atoms with E-state index in [0.29, 0.717) is 28.8 Å². The first-order valence-corrected chi connectivity index (χ1v) is 10.7. The Morgan fingerprint density at radius 2 is 1.90 bits per heavy atom. The molecule has 2 aromatic carbocycles. The predicted octanol–water partition coefficient (Wildman–Crippen LogP) is 3.79. The summed E-state index contributed by atoms with van der Waals surface area (Å²) in [5.41, 5.74) is 1.84. The van der Waals surface area contributed by atoms with E-state index in [1.807, 2.05) is 42.8 Å². The Balaban J connectivity index is 1.59. The van der Waals surface area contributed by atoms with Gasteiger partial charge in [-0.25, -0.2) is 4.79 Å². The van der Waals surface area contributed by atoms with Crippen LogP contribution in [0.15, 0.2) is 53.7 Å². The van der Waals surface area contributed by atoms with E-state index >= 15 is 0 Å². The number of hydrogen-bond acceptors (Lipinski definition) is 7. The molecule has 8 nitrogen and oxygen atoms in total. The van der Waals surface area contributed by atoms with Crippen molar-refractivity contribution in [2.45, 2.75) is 18.5 Å². The molecular weight excluding hydrogens is 416 g/mol. The largest absolute Gasteiger partial charge is 0.497 e. The number of nitrogens with one attached hydrogen (secondary N) is 1. The van der Waals surface area contributed by atoms with Crippen LogP contribution >= 0.6 is 11.8 Å². The molecule has 1 amide bonds. The molecule has 0 aliphatic heterocycles. The molecule has 0 unspecified atom stereocenters. The average molecular weight is 441 g/mol. The summed E-state index contributed by atoms with van der Waals surface area (Å²) in [6.07, 6.45) is 0.752. The van der Waals surface area contributed by atoms with E-state index in [0.717, 1.165) is 17.7 Å². The fraction of sp³-hybridized carbons (Fsp3) is 0.273. The molecule has 1 aromatic heterocycles. The average Bonchev–Trinajstić information content (AvgIpc) is 3.16. The highest BCUT2D eigenvalue weighted by molar-refractivity contribution is 7.99. The highest BCUT2D eigenvalue weighted by Crippen LogP contribution is 2.24. The molecule has 31 heavy (non-hydrogen) atoms. The van der Waals surface area contributed by atoms with E-state index in [2.05, 4.69) is 15.5 Å². The Morgan fingerprint density at radius 3 is 2.61 bits per heavy atom. The number of esters is 1. The standard InChI is InChI=1S/C22H24N4O4S/c1-4-12-30-21(28)16-6-5-7-17(13-16)23-19(27)14-31-22-25-24-20(26(22)2)15-8-10-18(29-3)11-9-15/h5-11,13H,4,12,14H2,1-3H3,(H,23,27). The molecule has 0 fully saturated rings. The number of aromatic nitrogens is 3. The van der Waals surface area contributed by atoms with Crippen LogP contribution in [0.2, 0.25) is 0 Å². The summed E-state index contributed by atoms with van der Waals surface area (Å²) in [5.74, 6) is 0.998. The lowest BCUT2D eigenvalue weighted by molar-refractivity contribution is -0.113. The number of anilines is 1. The van der Waals surface area contributed by atoms with Gasteiger partial charge in [0.2, 0.25) is 5.91 Å². The van der Waals surface area contributed by atoms with Gasteiger partial charge in [0.15, 0.2) is 11.0 Å². The Morgan fingerprint density at radius 1 is 1.13 bits per heavy atom. The molecule has 0 saturated carbocycles. The number of carbonyl (C=O) groups is 2. The number of nitrogens with zero attached hydrogens (tertiary/aromatic N) is 3. The van der Waals surface area contributed by atoms with Gasteiger partial charge in [-0.2, -0.15) is 0 Å². The lowest BCUT2D eigenvalue weighted by atomic mass is 10.2. The first-order chi connectivity index (χ1) is 15.0. The van der Waals surface area contributed by atoms with Crippen LogP contribution < -0.4 is 10.1 Å². The van der Waals surface area contributed by atoms with Gasteiger partial charge in [-0.15, -0.1) is 10.2 Å². The maximum atomic E-state index is 12.4. The van der Waals surface area contributed by atoms with E-state index in [9.17, 15) is 9.59 Å². The topological polar surface area (TPSA) is 95.3 Å². The molecule has 0 bridgehead atoms. The number of rotatable bonds is 9. The third-order valence-corrected chi connectivity index (χ3v) is 5.36. The van der Waals surface area contributed by atoms with Crippen molar-refractivity contribution >= 4 is 29.3 Å². The molecule has 0 atom stereocenters. The zero-order valence-electron chi connectivity index (χ0n) is 17.6. The van der Waals surface area contributed by atoms with E-state index in [1.54, 1.807) is 31.4 Å². The normalized spacial score (nSPS) is 10.5. The summed E-state index contributed by atoms with van der Waals surface area (Å²) in [6, 6.07) is 14.2. The predicted molar refractivity (Wildman–Crippen MR) is 119 cm³/mol. The summed E-state index contributed by atoms with van der Waals surface area (Å²) in [6.45, 7) is 2.29.